The van der Waals surface area contributed by atoms with Gasteiger partial charge in [-0.3, -0.25) is 9.78 Å². The molecule has 0 saturated carbocycles. The number of aromatic hydroxyl groups is 1. The first-order chi connectivity index (χ1) is 13.6. The number of amides is 1. The summed E-state index contributed by atoms with van der Waals surface area (Å²) in [5.41, 5.74) is 1.14. The molecule has 0 saturated heterocycles. The predicted octanol–water partition coefficient (Wildman–Crippen LogP) is 2.84. The van der Waals surface area contributed by atoms with Crippen LogP contribution in [0.25, 0.3) is 0 Å². The molecule has 28 heavy (non-hydrogen) atoms. The molecule has 1 amide bonds. The van der Waals surface area contributed by atoms with Gasteiger partial charge in [-0.2, -0.15) is 0 Å². The van der Waals surface area contributed by atoms with Gasteiger partial charge in [0.05, 0.1) is 12.8 Å². The van der Waals surface area contributed by atoms with Gasteiger partial charge in [-0.05, 0) is 29.8 Å². The summed E-state index contributed by atoms with van der Waals surface area (Å²) in [6.07, 6.45) is 1.64. The quantitative estimate of drug-likeness (QED) is 0.652. The normalized spacial score (nSPS) is 10.4. The second-order valence-corrected chi connectivity index (χ2v) is 5.78. The maximum absolute atomic E-state index is 13.0. The van der Waals surface area contributed by atoms with E-state index in [-0.39, 0.29) is 36.3 Å². The molecule has 0 aliphatic rings. The van der Waals surface area contributed by atoms with Crippen LogP contribution in [-0.4, -0.2) is 28.1 Å². The highest BCUT2D eigenvalue weighted by Gasteiger charge is 2.20. The molecular weight excluding hydrogens is 365 g/mol. The molecule has 0 unspecified atom stereocenters. The number of carbonyl (C=O) groups excluding carboxylic acids is 1. The molecule has 3 aromatic rings. The zero-order chi connectivity index (χ0) is 19.9. The zero-order valence-corrected chi connectivity index (χ0v) is 15.1. The second kappa shape index (κ2) is 8.81. The Morgan fingerprint density at radius 1 is 1.21 bits per heavy atom. The minimum atomic E-state index is -0.622. The van der Waals surface area contributed by atoms with E-state index in [1.807, 2.05) is 6.07 Å². The van der Waals surface area contributed by atoms with Crippen molar-refractivity contribution in [2.75, 3.05) is 7.11 Å². The molecular formula is C20H18FN3O4. The van der Waals surface area contributed by atoms with Gasteiger partial charge in [0.2, 0.25) is 5.88 Å². The van der Waals surface area contributed by atoms with Gasteiger partial charge in [0.25, 0.3) is 5.91 Å². The Hall–Kier alpha value is -3.68. The van der Waals surface area contributed by atoms with Crippen molar-refractivity contribution in [2.45, 2.75) is 13.2 Å². The van der Waals surface area contributed by atoms with Crippen molar-refractivity contribution < 1.29 is 23.8 Å². The van der Waals surface area contributed by atoms with Gasteiger partial charge in [-0.25, -0.2) is 9.37 Å². The van der Waals surface area contributed by atoms with E-state index in [0.717, 1.165) is 0 Å². The van der Waals surface area contributed by atoms with Gasteiger partial charge in [0.15, 0.2) is 17.2 Å². The van der Waals surface area contributed by atoms with Crippen LogP contribution in [0.15, 0.2) is 54.7 Å². The van der Waals surface area contributed by atoms with Crippen LogP contribution in [0.4, 0.5) is 4.39 Å². The Kier molecular flexibility index (Phi) is 6.01. The Labute approximate surface area is 160 Å². The first-order valence-corrected chi connectivity index (χ1v) is 8.40. The van der Waals surface area contributed by atoms with Crippen LogP contribution < -0.4 is 14.8 Å². The van der Waals surface area contributed by atoms with Crippen LogP contribution >= 0.6 is 0 Å². The van der Waals surface area contributed by atoms with Gasteiger partial charge in [0.1, 0.15) is 12.4 Å². The fourth-order valence-electron chi connectivity index (χ4n) is 2.38. The largest absolute Gasteiger partial charge is 0.503 e. The number of benzene rings is 1. The standard InChI is InChI=1S/C20H18FN3O4/c1-27-16-10-17(28-12-15-4-2-3-9-22-15)24-18(19(16)25)20(26)23-11-13-5-7-14(21)8-6-13/h2-10,25H,11-12H2,1H3,(H,23,26). The molecule has 8 heteroatoms. The molecule has 2 heterocycles. The topological polar surface area (TPSA) is 93.6 Å². The van der Waals surface area contributed by atoms with E-state index in [4.69, 9.17) is 9.47 Å². The number of hydrogen-bond acceptors (Lipinski definition) is 6. The lowest BCUT2D eigenvalue weighted by Gasteiger charge is -2.12. The Morgan fingerprint density at radius 3 is 2.68 bits per heavy atom. The molecule has 0 aliphatic carbocycles. The third kappa shape index (κ3) is 4.73. The van der Waals surface area contributed by atoms with E-state index >= 15 is 0 Å². The monoisotopic (exact) mass is 383 g/mol. The number of hydrogen-bond donors (Lipinski definition) is 2. The summed E-state index contributed by atoms with van der Waals surface area (Å²) in [5.74, 6) is -1.23. The van der Waals surface area contributed by atoms with Crippen LogP contribution in [0.3, 0.4) is 0 Å². The number of methoxy groups -OCH3 is 1. The number of carbonyl (C=O) groups is 1. The molecule has 0 radical (unpaired) electrons. The van der Waals surface area contributed by atoms with E-state index in [2.05, 4.69) is 15.3 Å². The van der Waals surface area contributed by atoms with E-state index in [0.29, 0.717) is 11.3 Å². The Balaban J connectivity index is 1.74. The van der Waals surface area contributed by atoms with Crippen molar-refractivity contribution in [3.05, 3.63) is 77.5 Å². The smallest absolute Gasteiger partial charge is 0.274 e. The molecule has 7 nitrogen and oxygen atoms in total. The molecule has 0 atom stereocenters. The molecule has 0 spiro atoms. The van der Waals surface area contributed by atoms with Crippen LogP contribution in [0.5, 0.6) is 17.4 Å². The van der Waals surface area contributed by atoms with Crippen LogP contribution in [0, 0.1) is 5.82 Å². The molecule has 3 rings (SSSR count). The lowest BCUT2D eigenvalue weighted by atomic mass is 10.2. The van der Waals surface area contributed by atoms with E-state index in [1.165, 1.54) is 25.3 Å². The van der Waals surface area contributed by atoms with Crippen molar-refractivity contribution in [1.29, 1.82) is 0 Å². The maximum Gasteiger partial charge on any atom is 0.274 e. The average Bonchev–Trinajstić information content (AvgIpc) is 2.73. The lowest BCUT2D eigenvalue weighted by Crippen LogP contribution is -2.24. The van der Waals surface area contributed by atoms with Crippen LogP contribution in [0.1, 0.15) is 21.7 Å². The van der Waals surface area contributed by atoms with E-state index < -0.39 is 11.7 Å². The number of aromatic nitrogens is 2. The van der Waals surface area contributed by atoms with Gasteiger partial charge in [0, 0.05) is 18.8 Å². The van der Waals surface area contributed by atoms with Crippen molar-refractivity contribution in [1.82, 2.24) is 15.3 Å². The molecule has 1 aromatic carbocycles. The predicted molar refractivity (Wildman–Crippen MR) is 98.6 cm³/mol. The SMILES string of the molecule is COc1cc(OCc2ccccn2)nc(C(=O)NCc2ccc(F)cc2)c1O. The summed E-state index contributed by atoms with van der Waals surface area (Å²) in [6.45, 7) is 0.278. The number of rotatable bonds is 7. The highest BCUT2D eigenvalue weighted by molar-refractivity contribution is 5.95. The fraction of sp³-hybridized carbons (Fsp3) is 0.150. The van der Waals surface area contributed by atoms with Crippen molar-refractivity contribution in [3.8, 4) is 17.4 Å². The third-order valence-corrected chi connectivity index (χ3v) is 3.83. The molecule has 0 bridgehead atoms. The maximum atomic E-state index is 13.0. The molecule has 0 aliphatic heterocycles. The third-order valence-electron chi connectivity index (χ3n) is 3.83. The summed E-state index contributed by atoms with van der Waals surface area (Å²) in [7, 11) is 1.36. The van der Waals surface area contributed by atoms with Crippen molar-refractivity contribution in [3.63, 3.8) is 0 Å². The van der Waals surface area contributed by atoms with Crippen molar-refractivity contribution in [2.24, 2.45) is 0 Å². The highest BCUT2D eigenvalue weighted by Crippen LogP contribution is 2.32. The lowest BCUT2D eigenvalue weighted by molar-refractivity contribution is 0.0940. The van der Waals surface area contributed by atoms with Crippen LogP contribution in [0.2, 0.25) is 0 Å². The number of ether oxygens (including phenoxy) is 2. The first kappa shape index (κ1) is 19.1. The first-order valence-electron chi connectivity index (χ1n) is 8.40. The Bertz CT molecular complexity index is 950. The minimum absolute atomic E-state index is 0.0537. The minimum Gasteiger partial charge on any atom is -0.503 e. The van der Waals surface area contributed by atoms with Gasteiger partial charge >= 0.3 is 0 Å². The number of nitrogens with one attached hydrogen (secondary N) is 1. The highest BCUT2D eigenvalue weighted by atomic mass is 19.1. The summed E-state index contributed by atoms with van der Waals surface area (Å²) >= 11 is 0. The molecule has 2 N–H and O–H groups in total. The zero-order valence-electron chi connectivity index (χ0n) is 15.1. The summed E-state index contributed by atoms with van der Waals surface area (Å²) in [4.78, 5) is 20.7. The molecule has 0 fully saturated rings. The fourth-order valence-corrected chi connectivity index (χ4v) is 2.38. The average molecular weight is 383 g/mol. The van der Waals surface area contributed by atoms with Crippen molar-refractivity contribution >= 4 is 5.91 Å². The number of nitrogens with zero attached hydrogens (tertiary/aromatic N) is 2. The number of halogens is 1. The molecule has 144 valence electrons. The Morgan fingerprint density at radius 2 is 2.00 bits per heavy atom. The van der Waals surface area contributed by atoms with E-state index in [1.54, 1.807) is 30.5 Å². The summed E-state index contributed by atoms with van der Waals surface area (Å²) in [6, 6.07) is 12.5. The number of pyridine rings is 2. The summed E-state index contributed by atoms with van der Waals surface area (Å²) in [5, 5.41) is 12.9. The van der Waals surface area contributed by atoms with Gasteiger partial charge in [-0.1, -0.05) is 18.2 Å². The van der Waals surface area contributed by atoms with Gasteiger partial charge < -0.3 is 19.9 Å². The second-order valence-electron chi connectivity index (χ2n) is 5.78. The van der Waals surface area contributed by atoms with E-state index in [9.17, 15) is 14.3 Å². The van der Waals surface area contributed by atoms with Gasteiger partial charge in [-0.15, -0.1) is 0 Å². The molecule has 2 aromatic heterocycles. The van der Waals surface area contributed by atoms with Crippen LogP contribution in [-0.2, 0) is 13.2 Å². The summed E-state index contributed by atoms with van der Waals surface area (Å²) < 4.78 is 23.6.